The molecule has 0 bridgehead atoms. The summed E-state index contributed by atoms with van der Waals surface area (Å²) in [5.41, 5.74) is 1.89. The third kappa shape index (κ3) is 5.68. The van der Waals surface area contributed by atoms with Crippen molar-refractivity contribution in [2.75, 3.05) is 34.4 Å². The average molecular weight is 351 g/mol. The van der Waals surface area contributed by atoms with Crippen LogP contribution in [0.2, 0.25) is 0 Å². The highest BCUT2D eigenvalue weighted by Gasteiger charge is 2.36. The van der Waals surface area contributed by atoms with E-state index in [2.05, 4.69) is 15.6 Å². The van der Waals surface area contributed by atoms with Crippen LogP contribution in [0.3, 0.4) is 0 Å². The number of aliphatic imine (C=N–C) groups is 1. The number of guanidine groups is 1. The number of hydrogen-bond donors (Lipinski definition) is 2. The molecule has 0 heterocycles. The van der Waals surface area contributed by atoms with Crippen LogP contribution in [-0.2, 0) is 22.6 Å². The first-order chi connectivity index (χ1) is 12.1. The van der Waals surface area contributed by atoms with Gasteiger partial charge in [0.05, 0.1) is 6.61 Å². The maximum atomic E-state index is 13.7. The summed E-state index contributed by atoms with van der Waals surface area (Å²) in [4.78, 5) is 4.29. The Kier molecular flexibility index (Phi) is 7.65. The molecule has 1 aromatic rings. The van der Waals surface area contributed by atoms with E-state index in [0.717, 1.165) is 31.1 Å². The normalized spacial score (nSPS) is 16.4. The second kappa shape index (κ2) is 9.73. The lowest BCUT2D eigenvalue weighted by atomic mass is 9.67. The molecular formula is C19H30FN3O2. The van der Waals surface area contributed by atoms with E-state index in [1.807, 2.05) is 6.07 Å². The minimum atomic E-state index is -0.238. The predicted molar refractivity (Wildman–Crippen MR) is 98.1 cm³/mol. The molecule has 0 amide bonds. The number of nitrogens with zero attached hydrogens (tertiary/aromatic N) is 1. The SMILES string of the molecule is CN=C(NCc1ccc(F)c(COC)c1)NCC1(CCOC)CCC1. The monoisotopic (exact) mass is 351 g/mol. The van der Waals surface area contributed by atoms with Crippen LogP contribution in [0.15, 0.2) is 23.2 Å². The molecule has 2 rings (SSSR count). The number of benzene rings is 1. The Hall–Kier alpha value is -1.66. The molecule has 0 aromatic heterocycles. The molecule has 0 aliphatic heterocycles. The highest BCUT2D eigenvalue weighted by atomic mass is 19.1. The molecule has 2 N–H and O–H groups in total. The summed E-state index contributed by atoms with van der Waals surface area (Å²) in [6.45, 7) is 2.55. The molecule has 0 spiro atoms. The third-order valence-corrected chi connectivity index (χ3v) is 4.98. The fourth-order valence-electron chi connectivity index (χ4n) is 3.19. The number of nitrogens with one attached hydrogen (secondary N) is 2. The van der Waals surface area contributed by atoms with Crippen LogP contribution < -0.4 is 10.6 Å². The van der Waals surface area contributed by atoms with Crippen molar-refractivity contribution >= 4 is 5.96 Å². The summed E-state index contributed by atoms with van der Waals surface area (Å²) in [6.07, 6.45) is 4.83. The van der Waals surface area contributed by atoms with Crippen molar-refractivity contribution in [2.24, 2.45) is 10.4 Å². The maximum Gasteiger partial charge on any atom is 0.191 e. The Balaban J connectivity index is 1.85. The Morgan fingerprint density at radius 2 is 2.04 bits per heavy atom. The smallest absolute Gasteiger partial charge is 0.191 e. The largest absolute Gasteiger partial charge is 0.385 e. The van der Waals surface area contributed by atoms with Crippen LogP contribution >= 0.6 is 0 Å². The summed E-state index contributed by atoms with van der Waals surface area (Å²) in [7, 11) is 5.08. The number of methoxy groups -OCH3 is 2. The van der Waals surface area contributed by atoms with Gasteiger partial charge in [0.1, 0.15) is 5.82 Å². The molecule has 1 aromatic carbocycles. The topological polar surface area (TPSA) is 54.9 Å². The van der Waals surface area contributed by atoms with Gasteiger partial charge >= 0.3 is 0 Å². The van der Waals surface area contributed by atoms with Gasteiger partial charge in [-0.25, -0.2) is 4.39 Å². The van der Waals surface area contributed by atoms with Crippen LogP contribution in [0.4, 0.5) is 4.39 Å². The first kappa shape index (κ1) is 19.7. The van der Waals surface area contributed by atoms with E-state index in [9.17, 15) is 4.39 Å². The first-order valence-electron chi connectivity index (χ1n) is 8.82. The zero-order valence-electron chi connectivity index (χ0n) is 15.5. The van der Waals surface area contributed by atoms with Gasteiger partial charge < -0.3 is 20.1 Å². The molecule has 6 heteroatoms. The zero-order valence-corrected chi connectivity index (χ0v) is 15.5. The number of ether oxygens (including phenoxy) is 2. The molecule has 25 heavy (non-hydrogen) atoms. The number of rotatable bonds is 9. The van der Waals surface area contributed by atoms with E-state index < -0.39 is 0 Å². The fourth-order valence-corrected chi connectivity index (χ4v) is 3.19. The minimum absolute atomic E-state index is 0.238. The van der Waals surface area contributed by atoms with Crippen molar-refractivity contribution in [3.8, 4) is 0 Å². The van der Waals surface area contributed by atoms with Crippen molar-refractivity contribution in [1.82, 2.24) is 10.6 Å². The van der Waals surface area contributed by atoms with Crippen LogP contribution in [-0.4, -0.2) is 40.4 Å². The average Bonchev–Trinajstić information content (AvgIpc) is 2.59. The maximum absolute atomic E-state index is 13.7. The molecule has 140 valence electrons. The standard InChI is InChI=1S/C19H30FN3O2/c1-21-18(23-14-19(7-4-8-19)9-10-24-2)22-12-15-5-6-17(20)16(11-15)13-25-3/h5-6,11H,4,7-10,12-14H2,1-3H3,(H2,21,22,23). The Morgan fingerprint density at radius 1 is 1.24 bits per heavy atom. The highest BCUT2D eigenvalue weighted by molar-refractivity contribution is 5.79. The molecule has 5 nitrogen and oxygen atoms in total. The molecule has 1 fully saturated rings. The summed E-state index contributed by atoms with van der Waals surface area (Å²) in [5.74, 6) is 0.527. The van der Waals surface area contributed by atoms with Crippen LogP contribution in [0.1, 0.15) is 36.8 Å². The van der Waals surface area contributed by atoms with E-state index in [1.165, 1.54) is 25.3 Å². The minimum Gasteiger partial charge on any atom is -0.385 e. The lowest BCUT2D eigenvalue weighted by molar-refractivity contribution is 0.0732. The molecule has 0 atom stereocenters. The molecule has 1 aliphatic carbocycles. The van der Waals surface area contributed by atoms with Crippen molar-refractivity contribution in [1.29, 1.82) is 0 Å². The Bertz CT molecular complexity index is 574. The molecule has 1 saturated carbocycles. The second-order valence-corrected chi connectivity index (χ2v) is 6.73. The van der Waals surface area contributed by atoms with E-state index >= 15 is 0 Å². The van der Waals surface area contributed by atoms with E-state index in [4.69, 9.17) is 9.47 Å². The highest BCUT2D eigenvalue weighted by Crippen LogP contribution is 2.43. The van der Waals surface area contributed by atoms with E-state index in [0.29, 0.717) is 17.5 Å². The molecular weight excluding hydrogens is 321 g/mol. The molecule has 0 radical (unpaired) electrons. The van der Waals surface area contributed by atoms with Crippen molar-refractivity contribution in [3.05, 3.63) is 35.1 Å². The number of hydrogen-bond acceptors (Lipinski definition) is 3. The Labute approximate surface area is 150 Å². The van der Waals surface area contributed by atoms with E-state index in [-0.39, 0.29) is 12.4 Å². The summed E-state index contributed by atoms with van der Waals surface area (Å²) < 4.78 is 23.9. The molecule has 0 unspecified atom stereocenters. The van der Waals surface area contributed by atoms with Crippen LogP contribution in [0.25, 0.3) is 0 Å². The van der Waals surface area contributed by atoms with Gasteiger partial charge in [0.25, 0.3) is 0 Å². The summed E-state index contributed by atoms with van der Waals surface area (Å²) in [6, 6.07) is 5.08. The summed E-state index contributed by atoms with van der Waals surface area (Å²) in [5, 5.41) is 6.72. The van der Waals surface area contributed by atoms with Gasteiger partial charge in [0.15, 0.2) is 5.96 Å². The lowest BCUT2D eigenvalue weighted by Crippen LogP contribution is -2.46. The van der Waals surface area contributed by atoms with Crippen molar-refractivity contribution < 1.29 is 13.9 Å². The van der Waals surface area contributed by atoms with Crippen molar-refractivity contribution in [3.63, 3.8) is 0 Å². The predicted octanol–water partition coefficient (Wildman–Crippen LogP) is 2.84. The third-order valence-electron chi connectivity index (χ3n) is 4.98. The molecule has 0 saturated heterocycles. The van der Waals surface area contributed by atoms with Gasteiger partial charge in [-0.05, 0) is 42.4 Å². The fraction of sp³-hybridized carbons (Fsp3) is 0.632. The van der Waals surface area contributed by atoms with Crippen LogP contribution in [0, 0.1) is 11.2 Å². The first-order valence-corrected chi connectivity index (χ1v) is 8.82. The Morgan fingerprint density at radius 3 is 2.64 bits per heavy atom. The molecule has 1 aliphatic rings. The second-order valence-electron chi connectivity index (χ2n) is 6.73. The van der Waals surface area contributed by atoms with Crippen molar-refractivity contribution in [2.45, 2.75) is 38.8 Å². The van der Waals surface area contributed by atoms with Gasteiger partial charge in [-0.3, -0.25) is 4.99 Å². The quantitative estimate of drug-likeness (QED) is 0.531. The van der Waals surface area contributed by atoms with Crippen LogP contribution in [0.5, 0.6) is 0 Å². The van der Waals surface area contributed by atoms with Gasteiger partial charge in [0.2, 0.25) is 0 Å². The number of halogens is 1. The van der Waals surface area contributed by atoms with Gasteiger partial charge in [-0.1, -0.05) is 12.5 Å². The summed E-state index contributed by atoms with van der Waals surface area (Å²) >= 11 is 0. The van der Waals surface area contributed by atoms with Gasteiger partial charge in [-0.2, -0.15) is 0 Å². The van der Waals surface area contributed by atoms with Gasteiger partial charge in [0, 0.05) is 46.5 Å². The zero-order chi connectivity index (χ0) is 18.1. The van der Waals surface area contributed by atoms with E-state index in [1.54, 1.807) is 27.3 Å². The lowest BCUT2D eigenvalue weighted by Gasteiger charge is -2.42. The van der Waals surface area contributed by atoms with Gasteiger partial charge in [-0.15, -0.1) is 0 Å².